The van der Waals surface area contributed by atoms with E-state index >= 15 is 0 Å². The number of likely N-dealkylation sites (N-methyl/N-ethyl adjacent to an activating group) is 1. The number of Topliss-reactive ketones (excluding diaryl/α,β-unsaturated/α-hetero) is 2. The first-order chi connectivity index (χ1) is 9.72. The molecule has 0 saturated carbocycles. The molecule has 0 aliphatic heterocycles. The highest BCUT2D eigenvalue weighted by atomic mass is 16.5. The number of nitrogens with zero attached hydrogens (tertiary/aromatic N) is 1. The molecule has 0 aromatic heterocycles. The van der Waals surface area contributed by atoms with Crippen molar-refractivity contribution in [2.24, 2.45) is 11.5 Å². The minimum absolute atomic E-state index is 0.211. The third-order valence-electron chi connectivity index (χ3n) is 1.52. The number of hydrogen-bond acceptors (Lipinski definition) is 7. The lowest BCUT2D eigenvalue weighted by molar-refractivity contribution is -0.152. The van der Waals surface area contributed by atoms with Gasteiger partial charge in [-0.25, -0.2) is 4.79 Å². The van der Waals surface area contributed by atoms with Crippen LogP contribution in [0, 0.1) is 0 Å². The molecule has 1 amide bonds. The Balaban J connectivity index is -0.000000260. The number of carbonyl (C=O) groups excluding carboxylic acids is 4. The lowest BCUT2D eigenvalue weighted by Gasteiger charge is -2.06. The minimum atomic E-state index is -0.847. The number of rotatable bonds is 5. The van der Waals surface area contributed by atoms with E-state index in [9.17, 15) is 19.2 Å². The molecule has 0 saturated heterocycles. The van der Waals surface area contributed by atoms with E-state index in [-0.39, 0.29) is 19.7 Å². The van der Waals surface area contributed by atoms with Gasteiger partial charge < -0.3 is 21.1 Å². The molecule has 0 aromatic carbocycles. The molecule has 0 heterocycles. The Morgan fingerprint density at radius 2 is 1.29 bits per heavy atom. The number of ketones is 2. The monoisotopic (exact) mass is 305 g/mol. The highest BCUT2D eigenvalue weighted by molar-refractivity contribution is 6.36. The van der Waals surface area contributed by atoms with Crippen molar-refractivity contribution < 1.29 is 23.9 Å². The standard InChI is InChI=1S/C5H10N2O2.C5H9NO3.C3H8/c1-7(2)5(9)4(8)3-6;1-2-9-5(8)4(7)3-6;1-3-2/h3,6H2,1-2H3;2-3,6H2,1H3;3H2,1-2H3. The number of esters is 1. The first-order valence-corrected chi connectivity index (χ1v) is 6.57. The van der Waals surface area contributed by atoms with Crippen molar-refractivity contribution in [3.63, 3.8) is 0 Å². The van der Waals surface area contributed by atoms with Gasteiger partial charge in [0, 0.05) is 14.1 Å². The summed E-state index contributed by atoms with van der Waals surface area (Å²) in [4.78, 5) is 42.8. The number of amides is 1. The average Bonchev–Trinajstić information content (AvgIpc) is 2.46. The second-order valence-electron chi connectivity index (χ2n) is 3.88. The SMILES string of the molecule is CCC.CCOC(=O)C(=O)CN.CN(C)C(=O)C(=O)CN. The Hall–Kier alpha value is -1.80. The van der Waals surface area contributed by atoms with Crippen LogP contribution in [-0.2, 0) is 23.9 Å². The smallest absolute Gasteiger partial charge is 0.375 e. The van der Waals surface area contributed by atoms with Gasteiger partial charge in [0.2, 0.25) is 5.78 Å². The van der Waals surface area contributed by atoms with Gasteiger partial charge in [0.1, 0.15) is 0 Å². The maximum Gasteiger partial charge on any atom is 0.375 e. The van der Waals surface area contributed by atoms with Crippen LogP contribution in [-0.4, -0.2) is 62.1 Å². The number of nitrogens with two attached hydrogens (primary N) is 2. The largest absolute Gasteiger partial charge is 0.460 e. The van der Waals surface area contributed by atoms with E-state index in [1.807, 2.05) is 0 Å². The van der Waals surface area contributed by atoms with Gasteiger partial charge in [-0.15, -0.1) is 0 Å². The molecule has 0 atom stereocenters. The third-order valence-corrected chi connectivity index (χ3v) is 1.52. The summed E-state index contributed by atoms with van der Waals surface area (Å²) < 4.78 is 4.33. The Kier molecular flexibility index (Phi) is 18.8. The molecule has 0 fully saturated rings. The Morgan fingerprint density at radius 3 is 1.48 bits per heavy atom. The van der Waals surface area contributed by atoms with E-state index in [2.05, 4.69) is 18.6 Å². The normalized spacial score (nSPS) is 8.33. The molecule has 0 bridgehead atoms. The third kappa shape index (κ3) is 16.1. The van der Waals surface area contributed by atoms with Gasteiger partial charge in [-0.05, 0) is 6.92 Å². The number of ether oxygens (including phenoxy) is 1. The van der Waals surface area contributed by atoms with Crippen molar-refractivity contribution in [1.29, 1.82) is 0 Å². The summed E-state index contributed by atoms with van der Waals surface area (Å²) in [6, 6.07) is 0. The predicted molar refractivity (Wildman–Crippen MR) is 79.4 cm³/mol. The van der Waals surface area contributed by atoms with Crippen LogP contribution in [0.2, 0.25) is 0 Å². The van der Waals surface area contributed by atoms with E-state index in [4.69, 9.17) is 11.5 Å². The lowest BCUT2D eigenvalue weighted by atomic mass is 10.3. The zero-order chi connectivity index (χ0) is 17.4. The molecular formula is C13H27N3O5. The van der Waals surface area contributed by atoms with Crippen LogP contribution in [0.3, 0.4) is 0 Å². The molecule has 0 spiro atoms. The summed E-state index contributed by atoms with van der Waals surface area (Å²) in [5.74, 6) is -2.63. The predicted octanol–water partition coefficient (Wildman–Crippen LogP) is -0.904. The van der Waals surface area contributed by atoms with Gasteiger partial charge in [0.05, 0.1) is 19.7 Å². The van der Waals surface area contributed by atoms with Gasteiger partial charge in [0.15, 0.2) is 0 Å². The zero-order valence-corrected chi connectivity index (χ0v) is 13.5. The van der Waals surface area contributed by atoms with Crippen molar-refractivity contribution in [3.8, 4) is 0 Å². The number of carbonyl (C=O) groups is 4. The number of hydrogen-bond donors (Lipinski definition) is 2. The van der Waals surface area contributed by atoms with Crippen LogP contribution < -0.4 is 11.5 Å². The van der Waals surface area contributed by atoms with Gasteiger partial charge in [0.25, 0.3) is 11.7 Å². The van der Waals surface area contributed by atoms with Crippen LogP contribution in [0.15, 0.2) is 0 Å². The zero-order valence-electron chi connectivity index (χ0n) is 13.5. The van der Waals surface area contributed by atoms with Crippen LogP contribution >= 0.6 is 0 Å². The van der Waals surface area contributed by atoms with E-state index in [0.717, 1.165) is 0 Å². The van der Waals surface area contributed by atoms with Crippen molar-refractivity contribution in [1.82, 2.24) is 4.90 Å². The minimum Gasteiger partial charge on any atom is -0.460 e. The van der Waals surface area contributed by atoms with Gasteiger partial charge in [-0.1, -0.05) is 20.3 Å². The summed E-state index contributed by atoms with van der Waals surface area (Å²) >= 11 is 0. The van der Waals surface area contributed by atoms with Crippen molar-refractivity contribution in [3.05, 3.63) is 0 Å². The molecule has 0 radical (unpaired) electrons. The molecule has 0 aliphatic carbocycles. The lowest BCUT2D eigenvalue weighted by Crippen LogP contribution is -2.34. The van der Waals surface area contributed by atoms with Gasteiger partial charge >= 0.3 is 5.97 Å². The van der Waals surface area contributed by atoms with Crippen LogP contribution in [0.25, 0.3) is 0 Å². The first-order valence-electron chi connectivity index (χ1n) is 6.57. The Bertz CT molecular complexity index is 328. The fourth-order valence-corrected chi connectivity index (χ4v) is 0.632. The maximum absolute atomic E-state index is 10.6. The summed E-state index contributed by atoms with van der Waals surface area (Å²) in [5, 5.41) is 0. The fraction of sp³-hybridized carbons (Fsp3) is 0.692. The molecule has 124 valence electrons. The van der Waals surface area contributed by atoms with Gasteiger partial charge in [-0.2, -0.15) is 0 Å². The molecule has 21 heavy (non-hydrogen) atoms. The van der Waals surface area contributed by atoms with Crippen molar-refractivity contribution >= 4 is 23.4 Å². The average molecular weight is 305 g/mol. The summed E-state index contributed by atoms with van der Waals surface area (Å²) in [5.41, 5.74) is 9.77. The Labute approximate surface area is 125 Å². The second-order valence-corrected chi connectivity index (χ2v) is 3.88. The van der Waals surface area contributed by atoms with E-state index < -0.39 is 23.4 Å². The Morgan fingerprint density at radius 1 is 0.905 bits per heavy atom. The van der Waals surface area contributed by atoms with E-state index in [1.54, 1.807) is 6.92 Å². The molecule has 0 aromatic rings. The highest BCUT2D eigenvalue weighted by Gasteiger charge is 2.12. The summed E-state index contributed by atoms with van der Waals surface area (Å²) in [6.07, 6.45) is 1.25. The summed E-state index contributed by atoms with van der Waals surface area (Å²) in [6.45, 7) is 5.60. The highest BCUT2D eigenvalue weighted by Crippen LogP contribution is 1.78. The summed E-state index contributed by atoms with van der Waals surface area (Å²) in [7, 11) is 3.02. The first kappa shape index (κ1) is 24.2. The molecule has 0 aliphatic rings. The van der Waals surface area contributed by atoms with E-state index in [1.165, 1.54) is 25.4 Å². The van der Waals surface area contributed by atoms with Crippen LogP contribution in [0.1, 0.15) is 27.2 Å². The molecule has 8 heteroatoms. The second kappa shape index (κ2) is 16.3. The molecule has 0 rings (SSSR count). The van der Waals surface area contributed by atoms with Crippen molar-refractivity contribution in [2.45, 2.75) is 27.2 Å². The van der Waals surface area contributed by atoms with E-state index in [0.29, 0.717) is 0 Å². The van der Waals surface area contributed by atoms with Gasteiger partial charge in [-0.3, -0.25) is 14.4 Å². The maximum atomic E-state index is 10.6. The topological polar surface area (TPSA) is 133 Å². The molecule has 4 N–H and O–H groups in total. The quantitative estimate of drug-likeness (QED) is 0.496. The fourth-order valence-electron chi connectivity index (χ4n) is 0.632. The van der Waals surface area contributed by atoms with Crippen molar-refractivity contribution in [2.75, 3.05) is 33.8 Å². The molecule has 8 nitrogen and oxygen atoms in total. The molecular weight excluding hydrogens is 278 g/mol. The molecule has 0 unspecified atom stereocenters. The van der Waals surface area contributed by atoms with Crippen LogP contribution in [0.5, 0.6) is 0 Å². The van der Waals surface area contributed by atoms with Crippen LogP contribution in [0.4, 0.5) is 0 Å².